The molecule has 0 spiro atoms. The molecule has 0 saturated carbocycles. The van der Waals surface area contributed by atoms with Gasteiger partial charge in [0, 0.05) is 16.7 Å². The van der Waals surface area contributed by atoms with Gasteiger partial charge in [-0.1, -0.05) is 0 Å². The van der Waals surface area contributed by atoms with E-state index in [1.165, 1.54) is 22.6 Å². The van der Waals surface area contributed by atoms with Gasteiger partial charge in [-0.05, 0) is 50.1 Å². The molecule has 2 unspecified atom stereocenters. The van der Waals surface area contributed by atoms with Crippen molar-refractivity contribution in [3.8, 4) is 5.75 Å². The highest BCUT2D eigenvalue weighted by Crippen LogP contribution is 2.43. The SMILES string of the molecule is CNC(C)CC1CSc2ccc(OC)cc21. The van der Waals surface area contributed by atoms with E-state index in [1.807, 2.05) is 18.8 Å². The molecule has 0 aromatic heterocycles. The van der Waals surface area contributed by atoms with Crippen molar-refractivity contribution in [3.05, 3.63) is 23.8 Å². The molecule has 0 aliphatic carbocycles. The molecule has 16 heavy (non-hydrogen) atoms. The highest BCUT2D eigenvalue weighted by atomic mass is 32.2. The lowest BCUT2D eigenvalue weighted by Gasteiger charge is -2.16. The van der Waals surface area contributed by atoms with Crippen LogP contribution in [0.25, 0.3) is 0 Å². The Kier molecular flexibility index (Phi) is 3.77. The molecule has 1 N–H and O–H groups in total. The van der Waals surface area contributed by atoms with Gasteiger partial charge in [0.25, 0.3) is 0 Å². The average Bonchev–Trinajstić information content (AvgIpc) is 2.71. The number of ether oxygens (including phenoxy) is 1. The van der Waals surface area contributed by atoms with Gasteiger partial charge in [0.1, 0.15) is 5.75 Å². The second-order valence-corrected chi connectivity index (χ2v) is 5.40. The summed E-state index contributed by atoms with van der Waals surface area (Å²) in [6, 6.07) is 7.00. The van der Waals surface area contributed by atoms with Crippen LogP contribution in [0.5, 0.6) is 5.75 Å². The normalized spacial score (nSPS) is 20.6. The van der Waals surface area contributed by atoms with Crippen LogP contribution in [0.1, 0.15) is 24.8 Å². The van der Waals surface area contributed by atoms with Crippen LogP contribution in [-0.4, -0.2) is 26.0 Å². The lowest BCUT2D eigenvalue weighted by Crippen LogP contribution is -2.23. The molecule has 1 aliphatic heterocycles. The molecule has 0 radical (unpaired) electrons. The zero-order valence-corrected chi connectivity index (χ0v) is 10.9. The van der Waals surface area contributed by atoms with Gasteiger partial charge in [-0.2, -0.15) is 0 Å². The van der Waals surface area contributed by atoms with Crippen LogP contribution in [0.3, 0.4) is 0 Å². The molecular weight excluding hydrogens is 218 g/mol. The van der Waals surface area contributed by atoms with Crippen molar-refractivity contribution in [3.63, 3.8) is 0 Å². The Balaban J connectivity index is 2.17. The van der Waals surface area contributed by atoms with Crippen LogP contribution in [-0.2, 0) is 0 Å². The third kappa shape index (κ3) is 2.36. The number of thioether (sulfide) groups is 1. The lowest BCUT2D eigenvalue weighted by molar-refractivity contribution is 0.413. The Hall–Kier alpha value is -0.670. The number of benzene rings is 1. The minimum atomic E-state index is 0.572. The van der Waals surface area contributed by atoms with Gasteiger partial charge in [0.05, 0.1) is 7.11 Å². The number of hydrogen-bond donors (Lipinski definition) is 1. The van der Waals surface area contributed by atoms with Gasteiger partial charge in [-0.25, -0.2) is 0 Å². The Morgan fingerprint density at radius 3 is 3.06 bits per heavy atom. The molecule has 2 atom stereocenters. The monoisotopic (exact) mass is 237 g/mol. The summed E-state index contributed by atoms with van der Waals surface area (Å²) in [6.07, 6.45) is 1.20. The third-order valence-electron chi connectivity index (χ3n) is 3.23. The molecule has 88 valence electrons. The highest BCUT2D eigenvalue weighted by molar-refractivity contribution is 7.99. The van der Waals surface area contributed by atoms with Crippen molar-refractivity contribution >= 4 is 11.8 Å². The van der Waals surface area contributed by atoms with Crippen molar-refractivity contribution in [2.45, 2.75) is 30.2 Å². The van der Waals surface area contributed by atoms with Crippen LogP contribution in [0.4, 0.5) is 0 Å². The van der Waals surface area contributed by atoms with Gasteiger partial charge < -0.3 is 10.1 Å². The predicted octanol–water partition coefficient (Wildman–Crippen LogP) is 2.88. The third-order valence-corrected chi connectivity index (χ3v) is 4.48. The number of fused-ring (bicyclic) bond motifs is 1. The molecule has 1 aliphatic rings. The number of nitrogens with one attached hydrogen (secondary N) is 1. The highest BCUT2D eigenvalue weighted by Gasteiger charge is 2.24. The molecule has 0 amide bonds. The van der Waals surface area contributed by atoms with Gasteiger partial charge >= 0.3 is 0 Å². The second-order valence-electron chi connectivity index (χ2n) is 4.34. The van der Waals surface area contributed by atoms with Crippen molar-refractivity contribution in [1.82, 2.24) is 5.32 Å². The molecule has 0 bridgehead atoms. The van der Waals surface area contributed by atoms with Crippen molar-refractivity contribution in [2.24, 2.45) is 0 Å². The summed E-state index contributed by atoms with van der Waals surface area (Å²) in [6.45, 7) is 2.24. The lowest BCUT2D eigenvalue weighted by atomic mass is 9.94. The van der Waals surface area contributed by atoms with E-state index in [2.05, 4.69) is 30.4 Å². The Bertz CT molecular complexity index is 367. The Morgan fingerprint density at radius 1 is 1.56 bits per heavy atom. The summed E-state index contributed by atoms with van der Waals surface area (Å²) in [5, 5.41) is 3.31. The Labute approximate surface area is 102 Å². The van der Waals surface area contributed by atoms with Crippen LogP contribution in [0.2, 0.25) is 0 Å². The fraction of sp³-hybridized carbons (Fsp3) is 0.538. The molecular formula is C13H19NOS. The minimum absolute atomic E-state index is 0.572. The summed E-state index contributed by atoms with van der Waals surface area (Å²) in [7, 11) is 3.76. The van der Waals surface area contributed by atoms with Crippen molar-refractivity contribution < 1.29 is 4.74 Å². The average molecular weight is 237 g/mol. The second kappa shape index (κ2) is 5.11. The summed E-state index contributed by atoms with van der Waals surface area (Å²) < 4.78 is 5.29. The van der Waals surface area contributed by atoms with E-state index in [4.69, 9.17) is 4.74 Å². The number of rotatable bonds is 4. The first-order valence-corrected chi connectivity index (χ1v) is 6.71. The molecule has 1 heterocycles. The predicted molar refractivity (Wildman–Crippen MR) is 69.6 cm³/mol. The standard InChI is InChI=1S/C13H19NOS/c1-9(14-2)6-10-8-16-13-5-4-11(15-3)7-12(10)13/h4-5,7,9-10,14H,6,8H2,1-3H3. The topological polar surface area (TPSA) is 21.3 Å². The van der Waals surface area contributed by atoms with E-state index in [-0.39, 0.29) is 0 Å². The van der Waals surface area contributed by atoms with Crippen LogP contribution in [0, 0.1) is 0 Å². The summed E-state index contributed by atoms with van der Waals surface area (Å²) >= 11 is 1.96. The van der Waals surface area contributed by atoms with Gasteiger partial charge in [0.2, 0.25) is 0 Å². The maximum atomic E-state index is 5.29. The molecule has 1 aromatic carbocycles. The fourth-order valence-corrected chi connectivity index (χ4v) is 3.38. The number of methoxy groups -OCH3 is 1. The van der Waals surface area contributed by atoms with Crippen LogP contribution >= 0.6 is 11.8 Å². The van der Waals surface area contributed by atoms with E-state index in [9.17, 15) is 0 Å². The van der Waals surface area contributed by atoms with Crippen molar-refractivity contribution in [2.75, 3.05) is 19.9 Å². The first-order valence-electron chi connectivity index (χ1n) is 5.72. The van der Waals surface area contributed by atoms with E-state index in [1.54, 1.807) is 7.11 Å². The molecule has 0 saturated heterocycles. The smallest absolute Gasteiger partial charge is 0.119 e. The molecule has 1 aromatic rings. The van der Waals surface area contributed by atoms with E-state index >= 15 is 0 Å². The van der Waals surface area contributed by atoms with Crippen molar-refractivity contribution in [1.29, 1.82) is 0 Å². The van der Waals surface area contributed by atoms with E-state index in [0.29, 0.717) is 12.0 Å². The largest absolute Gasteiger partial charge is 0.497 e. The molecule has 2 nitrogen and oxygen atoms in total. The maximum absolute atomic E-state index is 5.29. The molecule has 3 heteroatoms. The van der Waals surface area contributed by atoms with Gasteiger partial charge in [-0.3, -0.25) is 0 Å². The first kappa shape index (κ1) is 11.8. The fourth-order valence-electron chi connectivity index (χ4n) is 2.12. The van der Waals surface area contributed by atoms with Gasteiger partial charge in [0.15, 0.2) is 0 Å². The zero-order valence-electron chi connectivity index (χ0n) is 10.1. The first-order chi connectivity index (χ1) is 7.74. The molecule has 0 fully saturated rings. The van der Waals surface area contributed by atoms with Crippen LogP contribution in [0.15, 0.2) is 23.1 Å². The van der Waals surface area contributed by atoms with Crippen LogP contribution < -0.4 is 10.1 Å². The quantitative estimate of drug-likeness (QED) is 0.870. The number of hydrogen-bond acceptors (Lipinski definition) is 3. The van der Waals surface area contributed by atoms with Gasteiger partial charge in [-0.15, -0.1) is 11.8 Å². The summed E-state index contributed by atoms with van der Waals surface area (Å²) in [4.78, 5) is 1.43. The van der Waals surface area contributed by atoms with E-state index in [0.717, 1.165) is 5.75 Å². The Morgan fingerprint density at radius 2 is 2.38 bits per heavy atom. The van der Waals surface area contributed by atoms with E-state index < -0.39 is 0 Å². The maximum Gasteiger partial charge on any atom is 0.119 e. The summed E-state index contributed by atoms with van der Waals surface area (Å²) in [5.74, 6) is 2.84. The summed E-state index contributed by atoms with van der Waals surface area (Å²) in [5.41, 5.74) is 1.46. The minimum Gasteiger partial charge on any atom is -0.497 e. The zero-order chi connectivity index (χ0) is 11.5. The molecule has 2 rings (SSSR count).